The van der Waals surface area contributed by atoms with Crippen LogP contribution in [-0.4, -0.2) is 49.5 Å². The predicted molar refractivity (Wildman–Crippen MR) is 92.4 cm³/mol. The Bertz CT molecular complexity index is 664. The molecule has 0 amide bonds. The van der Waals surface area contributed by atoms with Gasteiger partial charge in [-0.3, -0.25) is 9.54 Å². The number of nitrogens with one attached hydrogen (secondary N) is 1. The van der Waals surface area contributed by atoms with Gasteiger partial charge in [0.2, 0.25) is 0 Å². The Morgan fingerprint density at radius 3 is 2.62 bits per heavy atom. The van der Waals surface area contributed by atoms with Crippen LogP contribution in [0.3, 0.4) is 0 Å². The fourth-order valence-electron chi connectivity index (χ4n) is 1.92. The number of nitrogens with zero attached hydrogens (tertiary/aromatic N) is 1. The van der Waals surface area contributed by atoms with Crippen LogP contribution in [0.15, 0.2) is 41.4 Å². The molecular formula is C15H20N2O5S2. The van der Waals surface area contributed by atoms with E-state index in [0.717, 1.165) is 11.5 Å². The zero-order chi connectivity index (χ0) is 17.3. The molecule has 0 spiro atoms. The fourth-order valence-corrected chi connectivity index (χ4v) is 3.10. The molecule has 3 rings (SSSR count). The van der Waals surface area contributed by atoms with Crippen molar-refractivity contribution < 1.29 is 22.4 Å². The smallest absolute Gasteiger partial charge is 0.264 e. The Morgan fingerprint density at radius 1 is 1.25 bits per heavy atom. The van der Waals surface area contributed by atoms with Gasteiger partial charge in [-0.1, -0.05) is 6.07 Å². The van der Waals surface area contributed by atoms with Crippen molar-refractivity contribution in [2.24, 2.45) is 0 Å². The maximum absolute atomic E-state index is 10.5. The van der Waals surface area contributed by atoms with E-state index in [1.54, 1.807) is 12.4 Å². The van der Waals surface area contributed by atoms with Crippen molar-refractivity contribution in [3.63, 3.8) is 0 Å². The highest BCUT2D eigenvalue weighted by Gasteiger charge is 2.21. The highest BCUT2D eigenvalue weighted by molar-refractivity contribution is 7.85. The summed E-state index contributed by atoms with van der Waals surface area (Å²) in [4.78, 5) is 3.78. The number of ether oxygens (including phenoxy) is 2. The van der Waals surface area contributed by atoms with Gasteiger partial charge in [0.1, 0.15) is 12.7 Å². The molecule has 0 fully saturated rings. The van der Waals surface area contributed by atoms with Crippen molar-refractivity contribution in [1.29, 1.82) is 0 Å². The summed E-state index contributed by atoms with van der Waals surface area (Å²) < 4.78 is 40.7. The molecule has 1 atom stereocenters. The summed E-state index contributed by atoms with van der Waals surface area (Å²) >= 11 is 1.53. The summed E-state index contributed by atoms with van der Waals surface area (Å²) in [6.45, 7) is 1.58. The third-order valence-corrected chi connectivity index (χ3v) is 4.51. The number of aromatic nitrogens is 1. The van der Waals surface area contributed by atoms with Crippen molar-refractivity contribution in [1.82, 2.24) is 10.3 Å². The van der Waals surface area contributed by atoms with Crippen LogP contribution in [-0.2, 0) is 10.1 Å². The number of fused-ring (bicyclic) bond motifs is 1. The van der Waals surface area contributed by atoms with E-state index in [9.17, 15) is 8.42 Å². The number of thiophene rings is 1. The van der Waals surface area contributed by atoms with E-state index in [-0.39, 0.29) is 11.9 Å². The monoisotopic (exact) mass is 372 g/mol. The molecule has 0 aliphatic carbocycles. The van der Waals surface area contributed by atoms with E-state index >= 15 is 0 Å². The van der Waals surface area contributed by atoms with E-state index in [0.29, 0.717) is 26.1 Å². The highest BCUT2D eigenvalue weighted by Crippen LogP contribution is 2.34. The summed E-state index contributed by atoms with van der Waals surface area (Å²) in [5, 5.41) is 6.86. The van der Waals surface area contributed by atoms with Crippen LogP contribution in [0.4, 0.5) is 0 Å². The molecular weight excluding hydrogens is 352 g/mol. The average Bonchev–Trinajstić information content (AvgIpc) is 3.03. The maximum Gasteiger partial charge on any atom is 0.264 e. The maximum atomic E-state index is 10.5. The zero-order valence-corrected chi connectivity index (χ0v) is 14.6. The first-order chi connectivity index (χ1) is 11.5. The van der Waals surface area contributed by atoms with Crippen molar-refractivity contribution in [2.45, 2.75) is 12.5 Å². The van der Waals surface area contributed by atoms with Crippen molar-refractivity contribution in [2.75, 3.05) is 25.4 Å². The Labute approximate surface area is 145 Å². The van der Waals surface area contributed by atoms with Gasteiger partial charge in [-0.05, 0) is 25.1 Å². The second kappa shape index (κ2) is 9.58. The minimum Gasteiger partial charge on any atom is -0.485 e. The van der Waals surface area contributed by atoms with Gasteiger partial charge >= 0.3 is 0 Å². The quantitative estimate of drug-likeness (QED) is 0.590. The predicted octanol–water partition coefficient (Wildman–Crippen LogP) is 1.84. The van der Waals surface area contributed by atoms with E-state index in [1.807, 2.05) is 29.0 Å². The molecule has 7 nitrogen and oxygen atoms in total. The summed E-state index contributed by atoms with van der Waals surface area (Å²) in [5.41, 5.74) is 0. The van der Waals surface area contributed by atoms with Gasteiger partial charge in [0.25, 0.3) is 10.1 Å². The van der Waals surface area contributed by atoms with Gasteiger partial charge in [0, 0.05) is 29.7 Å². The molecule has 2 N–H and O–H groups in total. The lowest BCUT2D eigenvalue weighted by Gasteiger charge is -2.24. The van der Waals surface area contributed by atoms with Gasteiger partial charge in [0.05, 0.1) is 5.75 Å². The molecule has 24 heavy (non-hydrogen) atoms. The van der Waals surface area contributed by atoms with Crippen LogP contribution in [0, 0.1) is 0 Å². The standard InChI is InChI=1S/C10H15NO5S2.C5H5N/c12-18(13,14)3-1-2-11-4-8-5-15-9-6-17-7-10(9)16-8;1-2-4-6-5-3-1/h6-8,11H,1-5H2,(H,12,13,14);1-5H. The topological polar surface area (TPSA) is 97.8 Å². The van der Waals surface area contributed by atoms with Gasteiger partial charge < -0.3 is 14.8 Å². The SMILES string of the molecule is O=S(=O)(O)CCCNCC1COc2cscc2O1.c1ccncc1. The molecule has 0 saturated heterocycles. The second-order valence-corrected chi connectivity index (χ2v) is 7.34. The van der Waals surface area contributed by atoms with E-state index < -0.39 is 10.1 Å². The molecule has 0 radical (unpaired) electrons. The molecule has 3 heterocycles. The second-order valence-electron chi connectivity index (χ2n) is 5.02. The van der Waals surface area contributed by atoms with Gasteiger partial charge in [0.15, 0.2) is 11.5 Å². The normalized spacial score (nSPS) is 16.1. The minimum absolute atomic E-state index is 0.0715. The Hall–Kier alpha value is -1.68. The van der Waals surface area contributed by atoms with Crippen LogP contribution in [0.5, 0.6) is 11.5 Å². The number of pyridine rings is 1. The molecule has 1 unspecified atom stereocenters. The van der Waals surface area contributed by atoms with E-state index in [2.05, 4.69) is 10.3 Å². The average molecular weight is 372 g/mol. The van der Waals surface area contributed by atoms with Crippen LogP contribution >= 0.6 is 11.3 Å². The lowest BCUT2D eigenvalue weighted by molar-refractivity contribution is 0.0920. The molecule has 0 saturated carbocycles. The molecule has 2 aromatic heterocycles. The van der Waals surface area contributed by atoms with E-state index in [4.69, 9.17) is 14.0 Å². The Balaban J connectivity index is 0.000000292. The molecule has 1 aliphatic heterocycles. The molecule has 1 aliphatic rings. The van der Waals surface area contributed by atoms with Crippen molar-refractivity contribution >= 4 is 21.5 Å². The summed E-state index contributed by atoms with van der Waals surface area (Å²) in [6, 6.07) is 5.72. The van der Waals surface area contributed by atoms with Crippen molar-refractivity contribution in [3.8, 4) is 11.5 Å². The molecule has 2 aromatic rings. The van der Waals surface area contributed by atoms with Crippen molar-refractivity contribution in [3.05, 3.63) is 41.4 Å². The van der Waals surface area contributed by atoms with Crippen LogP contribution < -0.4 is 14.8 Å². The fraction of sp³-hybridized carbons (Fsp3) is 0.400. The summed E-state index contributed by atoms with van der Waals surface area (Å²) in [5.74, 6) is 1.31. The Morgan fingerprint density at radius 2 is 2.00 bits per heavy atom. The third-order valence-electron chi connectivity index (χ3n) is 3.01. The molecule has 0 bridgehead atoms. The molecule has 9 heteroatoms. The summed E-state index contributed by atoms with van der Waals surface area (Å²) in [6.07, 6.45) is 3.80. The third kappa shape index (κ3) is 7.26. The van der Waals surface area contributed by atoms with Crippen LogP contribution in [0.1, 0.15) is 6.42 Å². The van der Waals surface area contributed by atoms with Gasteiger partial charge in [-0.15, -0.1) is 11.3 Å². The van der Waals surface area contributed by atoms with Crippen LogP contribution in [0.25, 0.3) is 0 Å². The lowest BCUT2D eigenvalue weighted by atomic mass is 10.3. The number of hydrogen-bond acceptors (Lipinski definition) is 7. The largest absolute Gasteiger partial charge is 0.485 e. The van der Waals surface area contributed by atoms with Crippen LogP contribution in [0.2, 0.25) is 0 Å². The summed E-state index contributed by atoms with van der Waals surface area (Å²) in [7, 11) is -3.86. The lowest BCUT2D eigenvalue weighted by Crippen LogP contribution is -2.38. The zero-order valence-electron chi connectivity index (χ0n) is 13.0. The Kier molecular flexibility index (Phi) is 7.44. The van der Waals surface area contributed by atoms with E-state index in [1.165, 1.54) is 11.3 Å². The first-order valence-corrected chi connectivity index (χ1v) is 9.96. The minimum atomic E-state index is -3.86. The first kappa shape index (κ1) is 18.7. The highest BCUT2D eigenvalue weighted by atomic mass is 32.2. The number of hydrogen-bond donors (Lipinski definition) is 2. The van der Waals surface area contributed by atoms with Gasteiger partial charge in [-0.2, -0.15) is 8.42 Å². The van der Waals surface area contributed by atoms with Gasteiger partial charge in [-0.25, -0.2) is 0 Å². The first-order valence-electron chi connectivity index (χ1n) is 7.41. The number of rotatable bonds is 6. The molecule has 132 valence electrons. The molecule has 0 aromatic carbocycles.